The molecule has 0 saturated carbocycles. The first-order chi connectivity index (χ1) is 17.8. The van der Waals surface area contributed by atoms with Gasteiger partial charge in [-0.2, -0.15) is 0 Å². The normalized spacial score (nSPS) is 11.3. The Bertz CT molecular complexity index is 1230. The van der Waals surface area contributed by atoms with Gasteiger partial charge in [-0.05, 0) is 31.0 Å². The molecule has 194 valence electrons. The fraction of sp³-hybridized carbons (Fsp3) is 0.286. The lowest BCUT2D eigenvalue weighted by molar-refractivity contribution is -0.385. The first kappa shape index (κ1) is 27.2. The molecule has 1 atom stereocenters. The molecule has 9 nitrogen and oxygen atoms in total. The predicted octanol–water partition coefficient (Wildman–Crippen LogP) is 4.07. The fourth-order valence-electron chi connectivity index (χ4n) is 3.98. The molecule has 0 radical (unpaired) electrons. The Hall–Kier alpha value is -4.40. The van der Waals surface area contributed by atoms with Gasteiger partial charge in [0, 0.05) is 31.6 Å². The molecular formula is C28H31N3O6. The summed E-state index contributed by atoms with van der Waals surface area (Å²) in [6.07, 6.45) is 0.329. The second-order valence-electron chi connectivity index (χ2n) is 8.49. The van der Waals surface area contributed by atoms with E-state index in [9.17, 15) is 19.7 Å². The molecule has 0 aliphatic heterocycles. The number of likely N-dealkylation sites (N-methyl/N-ethyl adjacent to an activating group) is 1. The van der Waals surface area contributed by atoms with E-state index in [4.69, 9.17) is 9.47 Å². The van der Waals surface area contributed by atoms with E-state index in [1.807, 2.05) is 68.4 Å². The molecule has 3 aromatic carbocycles. The van der Waals surface area contributed by atoms with Gasteiger partial charge in [0.25, 0.3) is 5.91 Å². The third kappa shape index (κ3) is 7.54. The Labute approximate surface area is 216 Å². The maximum atomic E-state index is 13.6. The largest absolute Gasteiger partial charge is 0.490 e. The first-order valence-electron chi connectivity index (χ1n) is 11.9. The van der Waals surface area contributed by atoms with Gasteiger partial charge in [-0.3, -0.25) is 19.7 Å². The smallest absolute Gasteiger partial charge is 0.311 e. The summed E-state index contributed by atoms with van der Waals surface area (Å²) in [7, 11) is 1.32. The highest BCUT2D eigenvalue weighted by Crippen LogP contribution is 2.30. The number of methoxy groups -OCH3 is 1. The van der Waals surface area contributed by atoms with Gasteiger partial charge in [0.1, 0.15) is 11.8 Å². The van der Waals surface area contributed by atoms with Gasteiger partial charge in [0.15, 0.2) is 6.61 Å². The summed E-state index contributed by atoms with van der Waals surface area (Å²) >= 11 is 0. The van der Waals surface area contributed by atoms with Gasteiger partial charge in [0.2, 0.25) is 11.7 Å². The maximum absolute atomic E-state index is 13.6. The van der Waals surface area contributed by atoms with E-state index in [0.29, 0.717) is 13.0 Å². The van der Waals surface area contributed by atoms with E-state index in [1.165, 1.54) is 30.2 Å². The van der Waals surface area contributed by atoms with Crippen LogP contribution in [0.3, 0.4) is 0 Å². The maximum Gasteiger partial charge on any atom is 0.311 e. The Morgan fingerprint density at radius 2 is 1.76 bits per heavy atom. The molecule has 1 N–H and O–H groups in total. The number of aryl methyl sites for hydroxylation is 1. The van der Waals surface area contributed by atoms with Gasteiger partial charge < -0.3 is 19.7 Å². The molecule has 3 rings (SSSR count). The lowest BCUT2D eigenvalue weighted by Gasteiger charge is -2.31. The van der Waals surface area contributed by atoms with Crippen molar-refractivity contribution in [1.29, 1.82) is 0 Å². The van der Waals surface area contributed by atoms with Gasteiger partial charge in [-0.15, -0.1) is 0 Å². The van der Waals surface area contributed by atoms with Crippen LogP contribution in [0, 0.1) is 17.0 Å². The highest BCUT2D eigenvalue weighted by atomic mass is 16.6. The number of nitro groups is 1. The third-order valence-electron chi connectivity index (χ3n) is 5.77. The number of ether oxygens (including phenoxy) is 2. The number of hydrogen-bond acceptors (Lipinski definition) is 6. The average molecular weight is 506 g/mol. The molecule has 0 heterocycles. The molecule has 0 aliphatic carbocycles. The minimum atomic E-state index is -0.773. The average Bonchev–Trinajstić information content (AvgIpc) is 2.89. The van der Waals surface area contributed by atoms with Crippen LogP contribution in [0.2, 0.25) is 0 Å². The van der Waals surface area contributed by atoms with Crippen molar-refractivity contribution in [2.45, 2.75) is 32.9 Å². The predicted molar refractivity (Wildman–Crippen MR) is 139 cm³/mol. The molecule has 3 aromatic rings. The molecule has 0 aromatic heterocycles. The van der Waals surface area contributed by atoms with Crippen molar-refractivity contribution in [3.05, 3.63) is 99.6 Å². The molecule has 0 unspecified atom stereocenters. The molecule has 37 heavy (non-hydrogen) atoms. The molecule has 2 amide bonds. The van der Waals surface area contributed by atoms with E-state index in [1.54, 1.807) is 0 Å². The zero-order chi connectivity index (χ0) is 26.8. The van der Waals surface area contributed by atoms with Gasteiger partial charge in [-0.25, -0.2) is 0 Å². The molecule has 0 spiro atoms. The minimum absolute atomic E-state index is 0.0239. The van der Waals surface area contributed by atoms with Crippen LogP contribution in [0.5, 0.6) is 11.5 Å². The summed E-state index contributed by atoms with van der Waals surface area (Å²) in [6.45, 7) is 4.07. The number of amides is 2. The van der Waals surface area contributed by atoms with E-state index in [-0.39, 0.29) is 36.2 Å². The number of benzene rings is 3. The van der Waals surface area contributed by atoms with Gasteiger partial charge >= 0.3 is 5.69 Å². The number of rotatable bonds is 12. The van der Waals surface area contributed by atoms with Crippen LogP contribution in [-0.4, -0.2) is 47.9 Å². The Morgan fingerprint density at radius 1 is 1.03 bits per heavy atom. The van der Waals surface area contributed by atoms with Crippen molar-refractivity contribution in [3.8, 4) is 11.5 Å². The lowest BCUT2D eigenvalue weighted by atomic mass is 10.0. The van der Waals surface area contributed by atoms with E-state index in [2.05, 4.69) is 5.32 Å². The Kier molecular flexibility index (Phi) is 9.60. The van der Waals surface area contributed by atoms with Crippen LogP contribution in [0.15, 0.2) is 72.8 Å². The zero-order valence-corrected chi connectivity index (χ0v) is 21.2. The zero-order valence-electron chi connectivity index (χ0n) is 21.2. The fourth-order valence-corrected chi connectivity index (χ4v) is 3.98. The first-order valence-corrected chi connectivity index (χ1v) is 11.9. The number of nitro benzene ring substituents is 1. The standard InChI is InChI=1S/C28H31N3O6/c1-4-29-28(33)25(16-21-10-6-5-7-11-21)30(18-22-12-8-9-20(2)15-22)27(32)19-37-23-13-14-24(31(34)35)26(17-23)36-3/h5-15,17,25H,4,16,18-19H2,1-3H3,(H,29,33)/t25-/m1/s1. The van der Waals surface area contributed by atoms with E-state index < -0.39 is 16.9 Å². The molecule has 9 heteroatoms. The number of hydrogen-bond donors (Lipinski definition) is 1. The third-order valence-corrected chi connectivity index (χ3v) is 5.77. The van der Waals surface area contributed by atoms with Crippen molar-refractivity contribution in [2.75, 3.05) is 20.3 Å². The molecule has 0 aliphatic rings. The highest BCUT2D eigenvalue weighted by molar-refractivity contribution is 5.88. The van der Waals surface area contributed by atoms with Crippen molar-refractivity contribution in [2.24, 2.45) is 0 Å². The van der Waals surface area contributed by atoms with Crippen molar-refractivity contribution < 1.29 is 24.0 Å². The van der Waals surface area contributed by atoms with Crippen molar-refractivity contribution >= 4 is 17.5 Å². The topological polar surface area (TPSA) is 111 Å². The van der Waals surface area contributed by atoms with Crippen LogP contribution >= 0.6 is 0 Å². The molecular weight excluding hydrogens is 474 g/mol. The highest BCUT2D eigenvalue weighted by Gasteiger charge is 2.30. The summed E-state index contributed by atoms with van der Waals surface area (Å²) in [5, 5.41) is 14.0. The summed E-state index contributed by atoms with van der Waals surface area (Å²) < 4.78 is 10.8. The van der Waals surface area contributed by atoms with Gasteiger partial charge in [0.05, 0.1) is 12.0 Å². The van der Waals surface area contributed by atoms with E-state index in [0.717, 1.165) is 16.7 Å². The summed E-state index contributed by atoms with van der Waals surface area (Å²) in [4.78, 5) is 38.9. The summed E-state index contributed by atoms with van der Waals surface area (Å²) in [5.74, 6) is -0.393. The molecule has 0 fully saturated rings. The Morgan fingerprint density at radius 3 is 2.41 bits per heavy atom. The van der Waals surface area contributed by atoms with Crippen molar-refractivity contribution in [3.63, 3.8) is 0 Å². The quantitative estimate of drug-likeness (QED) is 0.293. The molecule has 0 bridgehead atoms. The number of carbonyl (C=O) groups excluding carboxylic acids is 2. The number of nitrogens with zero attached hydrogens (tertiary/aromatic N) is 2. The van der Waals surface area contributed by atoms with Gasteiger partial charge in [-0.1, -0.05) is 60.2 Å². The monoisotopic (exact) mass is 505 g/mol. The SMILES string of the molecule is CCNC(=O)[C@@H](Cc1ccccc1)N(Cc1cccc(C)c1)C(=O)COc1ccc([N+](=O)[O-])c(OC)c1. The molecule has 0 saturated heterocycles. The van der Waals surface area contributed by atoms with Crippen LogP contribution < -0.4 is 14.8 Å². The minimum Gasteiger partial charge on any atom is -0.490 e. The Balaban J connectivity index is 1.89. The lowest BCUT2D eigenvalue weighted by Crippen LogP contribution is -2.51. The second kappa shape index (κ2) is 13.1. The van der Waals surface area contributed by atoms with Crippen LogP contribution in [-0.2, 0) is 22.6 Å². The van der Waals surface area contributed by atoms with E-state index >= 15 is 0 Å². The van der Waals surface area contributed by atoms with Crippen LogP contribution in [0.1, 0.15) is 23.6 Å². The number of carbonyl (C=O) groups is 2. The number of nitrogens with one attached hydrogen (secondary N) is 1. The van der Waals surface area contributed by atoms with Crippen molar-refractivity contribution in [1.82, 2.24) is 10.2 Å². The van der Waals surface area contributed by atoms with Crippen LogP contribution in [0.25, 0.3) is 0 Å². The summed E-state index contributed by atoms with van der Waals surface area (Å²) in [6, 6.07) is 20.5. The van der Waals surface area contributed by atoms with Crippen LogP contribution in [0.4, 0.5) is 5.69 Å². The summed E-state index contributed by atoms with van der Waals surface area (Å²) in [5.41, 5.74) is 2.63. The second-order valence-corrected chi connectivity index (χ2v) is 8.49.